The molecule has 0 unspecified atom stereocenters. The summed E-state index contributed by atoms with van der Waals surface area (Å²) in [4.78, 5) is 7.13. The van der Waals surface area contributed by atoms with Crippen LogP contribution in [0.4, 0.5) is 0 Å². The largest absolute Gasteiger partial charge is 0.379 e. The minimum absolute atomic E-state index is 0.210. The molecule has 1 aliphatic rings. The second-order valence-corrected chi connectivity index (χ2v) is 9.38. The molecular weight excluding hydrogens is 370 g/mol. The quantitative estimate of drug-likeness (QED) is 0.780. The van der Waals surface area contributed by atoms with Crippen LogP contribution in [0.1, 0.15) is 36.0 Å². The van der Waals surface area contributed by atoms with E-state index in [-0.39, 0.29) is 11.4 Å². The second kappa shape index (κ2) is 8.58. The molecule has 0 atom stereocenters. The lowest BCUT2D eigenvalue weighted by Crippen LogP contribution is -2.35. The highest BCUT2D eigenvalue weighted by molar-refractivity contribution is 7.89. The van der Waals surface area contributed by atoms with Crippen LogP contribution in [0, 0.1) is 0 Å². The number of rotatable bonds is 7. The van der Waals surface area contributed by atoms with Crippen LogP contribution in [-0.4, -0.2) is 44.6 Å². The minimum atomic E-state index is -3.53. The Morgan fingerprint density at radius 1 is 1.23 bits per heavy atom. The number of nitrogens with one attached hydrogen (secondary N) is 1. The van der Waals surface area contributed by atoms with Gasteiger partial charge in [0.05, 0.1) is 30.3 Å². The van der Waals surface area contributed by atoms with Gasteiger partial charge in [-0.2, -0.15) is 0 Å². The molecule has 2 aromatic rings. The van der Waals surface area contributed by atoms with Crippen molar-refractivity contribution in [3.63, 3.8) is 0 Å². The van der Waals surface area contributed by atoms with E-state index in [0.29, 0.717) is 5.92 Å². The van der Waals surface area contributed by atoms with E-state index in [0.717, 1.165) is 49.1 Å². The molecule has 142 valence electrons. The summed E-state index contributed by atoms with van der Waals surface area (Å²) in [6.45, 7) is 8.49. The number of sulfonamides is 1. The summed E-state index contributed by atoms with van der Waals surface area (Å²) in [7, 11) is -3.53. The zero-order valence-electron chi connectivity index (χ0n) is 15.1. The summed E-state index contributed by atoms with van der Waals surface area (Å²) in [6.07, 6.45) is 0. The van der Waals surface area contributed by atoms with Crippen LogP contribution in [0.15, 0.2) is 34.5 Å². The Hall–Kier alpha value is -1.32. The maximum atomic E-state index is 12.5. The fourth-order valence-corrected chi connectivity index (χ4v) is 4.57. The summed E-state index contributed by atoms with van der Waals surface area (Å²) in [5, 5.41) is 2.77. The lowest BCUT2D eigenvalue weighted by molar-refractivity contribution is 0.0337. The van der Waals surface area contributed by atoms with Crippen molar-refractivity contribution in [3.05, 3.63) is 45.9 Å². The first-order chi connectivity index (χ1) is 12.4. The summed E-state index contributed by atoms with van der Waals surface area (Å²) >= 11 is 1.48. The van der Waals surface area contributed by atoms with Gasteiger partial charge in [-0.05, 0) is 23.6 Å². The smallest absolute Gasteiger partial charge is 0.240 e. The molecule has 1 aliphatic heterocycles. The van der Waals surface area contributed by atoms with Gasteiger partial charge in [0, 0.05) is 25.0 Å². The van der Waals surface area contributed by atoms with Crippen molar-refractivity contribution < 1.29 is 13.2 Å². The fourth-order valence-electron chi connectivity index (χ4n) is 2.76. The van der Waals surface area contributed by atoms with Gasteiger partial charge < -0.3 is 4.74 Å². The van der Waals surface area contributed by atoms with E-state index in [1.807, 2.05) is 17.5 Å². The summed E-state index contributed by atoms with van der Waals surface area (Å²) in [5.41, 5.74) is 2.10. The van der Waals surface area contributed by atoms with Crippen molar-refractivity contribution in [1.29, 1.82) is 0 Å². The third-order valence-corrected chi connectivity index (χ3v) is 6.67. The predicted molar refractivity (Wildman–Crippen MR) is 103 cm³/mol. The summed E-state index contributed by atoms with van der Waals surface area (Å²) in [6, 6.07) is 7.04. The van der Waals surface area contributed by atoms with Gasteiger partial charge in [0.1, 0.15) is 5.01 Å². The van der Waals surface area contributed by atoms with Gasteiger partial charge in [0.25, 0.3) is 0 Å². The van der Waals surface area contributed by atoms with Crippen LogP contribution in [0.2, 0.25) is 0 Å². The van der Waals surface area contributed by atoms with Gasteiger partial charge >= 0.3 is 0 Å². The fraction of sp³-hybridized carbons (Fsp3) is 0.500. The van der Waals surface area contributed by atoms with Crippen LogP contribution in [0.3, 0.4) is 0 Å². The van der Waals surface area contributed by atoms with E-state index in [1.165, 1.54) is 11.3 Å². The van der Waals surface area contributed by atoms with Crippen molar-refractivity contribution in [3.8, 4) is 0 Å². The van der Waals surface area contributed by atoms with Gasteiger partial charge in [0.2, 0.25) is 10.0 Å². The lowest BCUT2D eigenvalue weighted by Gasteiger charge is -2.25. The maximum absolute atomic E-state index is 12.5. The molecule has 1 aromatic carbocycles. The maximum Gasteiger partial charge on any atom is 0.240 e. The molecule has 0 radical (unpaired) electrons. The molecule has 1 saturated heterocycles. The number of hydrogen-bond donors (Lipinski definition) is 1. The molecule has 1 aromatic heterocycles. The van der Waals surface area contributed by atoms with Crippen LogP contribution in [-0.2, 0) is 27.8 Å². The van der Waals surface area contributed by atoms with Gasteiger partial charge in [-0.25, -0.2) is 18.1 Å². The normalized spacial score (nSPS) is 16.3. The molecule has 1 N–H and O–H groups in total. The highest BCUT2D eigenvalue weighted by atomic mass is 32.2. The summed E-state index contributed by atoms with van der Waals surface area (Å²) in [5.74, 6) is 0.375. The molecule has 0 spiro atoms. The highest BCUT2D eigenvalue weighted by Crippen LogP contribution is 2.18. The van der Waals surface area contributed by atoms with Crippen LogP contribution in [0.5, 0.6) is 0 Å². The first kappa shape index (κ1) is 19.4. The number of aromatic nitrogens is 1. The average molecular weight is 396 g/mol. The van der Waals surface area contributed by atoms with Gasteiger partial charge in [0.15, 0.2) is 0 Å². The molecule has 0 saturated carbocycles. The Kier molecular flexibility index (Phi) is 6.42. The van der Waals surface area contributed by atoms with Gasteiger partial charge in [-0.3, -0.25) is 4.90 Å². The van der Waals surface area contributed by atoms with E-state index in [2.05, 4.69) is 28.5 Å². The standard InChI is InChI=1S/C18H25N3O3S2/c1-14(2)15-3-5-17(6-4-15)26(22,23)19-11-18-20-16(13-25-18)12-21-7-9-24-10-8-21/h3-6,13-14,19H,7-12H2,1-2H3. The molecular formula is C18H25N3O3S2. The topological polar surface area (TPSA) is 71.5 Å². The molecule has 0 amide bonds. The molecule has 3 rings (SSSR count). The zero-order chi connectivity index (χ0) is 18.6. The lowest BCUT2D eigenvalue weighted by atomic mass is 10.0. The van der Waals surface area contributed by atoms with Crippen molar-refractivity contribution in [2.24, 2.45) is 0 Å². The van der Waals surface area contributed by atoms with Crippen molar-refractivity contribution in [2.75, 3.05) is 26.3 Å². The molecule has 6 nitrogen and oxygen atoms in total. The third-order valence-electron chi connectivity index (χ3n) is 4.36. The Balaban J connectivity index is 1.57. The zero-order valence-corrected chi connectivity index (χ0v) is 16.8. The SMILES string of the molecule is CC(C)c1ccc(S(=O)(=O)NCc2nc(CN3CCOCC3)cs2)cc1. The monoisotopic (exact) mass is 395 g/mol. The Morgan fingerprint density at radius 2 is 1.92 bits per heavy atom. The van der Waals surface area contributed by atoms with Crippen LogP contribution in [0.25, 0.3) is 0 Å². The Bertz CT molecular complexity index is 810. The number of morpholine rings is 1. The first-order valence-corrected chi connectivity index (χ1v) is 11.1. The number of hydrogen-bond acceptors (Lipinski definition) is 6. The predicted octanol–water partition coefficient (Wildman–Crippen LogP) is 2.58. The van der Waals surface area contributed by atoms with Crippen LogP contribution >= 0.6 is 11.3 Å². The van der Waals surface area contributed by atoms with E-state index in [1.54, 1.807) is 12.1 Å². The molecule has 0 bridgehead atoms. The average Bonchev–Trinajstić information content (AvgIpc) is 3.08. The van der Waals surface area contributed by atoms with E-state index in [9.17, 15) is 8.42 Å². The third kappa shape index (κ3) is 5.11. The first-order valence-electron chi connectivity index (χ1n) is 8.77. The van der Waals surface area contributed by atoms with Crippen molar-refractivity contribution in [1.82, 2.24) is 14.6 Å². The number of thiazole rings is 1. The van der Waals surface area contributed by atoms with Gasteiger partial charge in [-0.15, -0.1) is 11.3 Å². The molecule has 1 fully saturated rings. The molecule has 0 aliphatic carbocycles. The van der Waals surface area contributed by atoms with Crippen molar-refractivity contribution in [2.45, 2.75) is 37.8 Å². The minimum Gasteiger partial charge on any atom is -0.379 e. The van der Waals surface area contributed by atoms with Crippen LogP contribution < -0.4 is 4.72 Å². The Morgan fingerprint density at radius 3 is 2.58 bits per heavy atom. The molecule has 8 heteroatoms. The van der Waals surface area contributed by atoms with E-state index in [4.69, 9.17) is 4.74 Å². The second-order valence-electron chi connectivity index (χ2n) is 6.67. The number of nitrogens with zero attached hydrogens (tertiary/aromatic N) is 2. The van der Waals surface area contributed by atoms with E-state index >= 15 is 0 Å². The summed E-state index contributed by atoms with van der Waals surface area (Å²) < 4.78 is 32.9. The van der Waals surface area contributed by atoms with E-state index < -0.39 is 10.0 Å². The molecule has 2 heterocycles. The number of ether oxygens (including phenoxy) is 1. The van der Waals surface area contributed by atoms with Crippen molar-refractivity contribution >= 4 is 21.4 Å². The van der Waals surface area contributed by atoms with Gasteiger partial charge in [-0.1, -0.05) is 26.0 Å². The Labute approximate surface area is 159 Å². The number of benzene rings is 1. The molecule has 26 heavy (non-hydrogen) atoms. The highest BCUT2D eigenvalue weighted by Gasteiger charge is 2.16.